The topological polar surface area (TPSA) is 21.3 Å². The van der Waals surface area contributed by atoms with E-state index in [0.717, 1.165) is 38.1 Å². The molecule has 0 aliphatic carbocycles. The van der Waals surface area contributed by atoms with Crippen LogP contribution in [0.2, 0.25) is 0 Å². The Morgan fingerprint density at radius 1 is 1.05 bits per heavy atom. The van der Waals surface area contributed by atoms with E-state index >= 15 is 0 Å². The predicted octanol–water partition coefficient (Wildman–Crippen LogP) is 5.98. The summed E-state index contributed by atoms with van der Waals surface area (Å²) in [7, 11) is 0. The van der Waals surface area contributed by atoms with Crippen LogP contribution in [0.25, 0.3) is 0 Å². The van der Waals surface area contributed by atoms with E-state index in [-0.39, 0.29) is 6.04 Å². The largest absolute Gasteiger partial charge is 0.457 e. The second-order valence-corrected chi connectivity index (χ2v) is 6.80. The van der Waals surface area contributed by atoms with Crippen LogP contribution < -0.4 is 10.1 Å². The molecule has 0 aliphatic rings. The van der Waals surface area contributed by atoms with Crippen molar-refractivity contribution in [1.29, 1.82) is 0 Å². The first-order valence-electron chi connectivity index (χ1n) is 6.98. The SMILES string of the molecule is CCNC(C)c1cc(Br)ccc1Oc1cc(Br)ccc1C. The third kappa shape index (κ3) is 4.31. The summed E-state index contributed by atoms with van der Waals surface area (Å²) in [5, 5.41) is 3.43. The van der Waals surface area contributed by atoms with Gasteiger partial charge in [0, 0.05) is 20.6 Å². The smallest absolute Gasteiger partial charge is 0.132 e. The zero-order valence-electron chi connectivity index (χ0n) is 12.4. The quantitative estimate of drug-likeness (QED) is 0.651. The fraction of sp³-hybridized carbons (Fsp3) is 0.294. The summed E-state index contributed by atoms with van der Waals surface area (Å²) < 4.78 is 8.22. The number of hydrogen-bond acceptors (Lipinski definition) is 2. The summed E-state index contributed by atoms with van der Waals surface area (Å²) in [4.78, 5) is 0. The maximum absolute atomic E-state index is 6.15. The van der Waals surface area contributed by atoms with Gasteiger partial charge in [-0.3, -0.25) is 0 Å². The first kappa shape index (κ1) is 16.5. The van der Waals surface area contributed by atoms with Gasteiger partial charge in [-0.25, -0.2) is 0 Å². The third-order valence-corrected chi connectivity index (χ3v) is 4.31. The first-order chi connectivity index (χ1) is 10.0. The van der Waals surface area contributed by atoms with Crippen molar-refractivity contribution in [3.8, 4) is 11.5 Å². The molecule has 0 fully saturated rings. The van der Waals surface area contributed by atoms with Crippen LogP contribution in [0.4, 0.5) is 0 Å². The maximum atomic E-state index is 6.15. The number of nitrogens with one attached hydrogen (secondary N) is 1. The molecule has 0 heterocycles. The van der Waals surface area contributed by atoms with E-state index in [1.807, 2.05) is 37.3 Å². The van der Waals surface area contributed by atoms with Crippen LogP contribution in [-0.4, -0.2) is 6.54 Å². The molecule has 4 heteroatoms. The van der Waals surface area contributed by atoms with Crippen LogP contribution in [0.5, 0.6) is 11.5 Å². The highest BCUT2D eigenvalue weighted by molar-refractivity contribution is 9.10. The van der Waals surface area contributed by atoms with Crippen molar-refractivity contribution < 1.29 is 4.74 Å². The lowest BCUT2D eigenvalue weighted by atomic mass is 10.1. The highest BCUT2D eigenvalue weighted by Gasteiger charge is 2.13. The minimum absolute atomic E-state index is 0.231. The van der Waals surface area contributed by atoms with Gasteiger partial charge >= 0.3 is 0 Å². The molecule has 112 valence electrons. The molecule has 0 spiro atoms. The Balaban J connectivity index is 2.37. The van der Waals surface area contributed by atoms with E-state index in [1.165, 1.54) is 0 Å². The normalized spacial score (nSPS) is 12.2. The van der Waals surface area contributed by atoms with Crippen molar-refractivity contribution in [2.45, 2.75) is 26.8 Å². The number of aryl methyl sites for hydroxylation is 1. The molecule has 0 aromatic heterocycles. The lowest BCUT2D eigenvalue weighted by molar-refractivity contribution is 0.459. The van der Waals surface area contributed by atoms with Gasteiger partial charge in [0.05, 0.1) is 0 Å². The number of benzene rings is 2. The summed E-state index contributed by atoms with van der Waals surface area (Å²) in [6, 6.07) is 12.4. The molecule has 0 saturated carbocycles. The van der Waals surface area contributed by atoms with Gasteiger partial charge in [-0.05, 0) is 56.3 Å². The minimum atomic E-state index is 0.231. The van der Waals surface area contributed by atoms with Crippen LogP contribution in [0.3, 0.4) is 0 Å². The summed E-state index contributed by atoms with van der Waals surface area (Å²) in [6.07, 6.45) is 0. The fourth-order valence-electron chi connectivity index (χ4n) is 2.17. The molecule has 21 heavy (non-hydrogen) atoms. The Bertz CT molecular complexity index is 628. The zero-order valence-corrected chi connectivity index (χ0v) is 15.6. The summed E-state index contributed by atoms with van der Waals surface area (Å²) in [6.45, 7) is 7.22. The lowest BCUT2D eigenvalue weighted by Gasteiger charge is -2.19. The lowest BCUT2D eigenvalue weighted by Crippen LogP contribution is -2.18. The molecule has 1 atom stereocenters. The Morgan fingerprint density at radius 2 is 1.71 bits per heavy atom. The van der Waals surface area contributed by atoms with Gasteiger partial charge in [-0.1, -0.05) is 44.8 Å². The monoisotopic (exact) mass is 411 g/mol. The van der Waals surface area contributed by atoms with Gasteiger partial charge in [0.15, 0.2) is 0 Å². The van der Waals surface area contributed by atoms with Gasteiger partial charge in [0.25, 0.3) is 0 Å². The van der Waals surface area contributed by atoms with Crippen molar-refractivity contribution in [1.82, 2.24) is 5.32 Å². The minimum Gasteiger partial charge on any atom is -0.457 e. The van der Waals surface area contributed by atoms with Gasteiger partial charge in [-0.15, -0.1) is 0 Å². The molecule has 1 N–H and O–H groups in total. The van der Waals surface area contributed by atoms with Crippen LogP contribution in [0, 0.1) is 6.92 Å². The van der Waals surface area contributed by atoms with E-state index < -0.39 is 0 Å². The average molecular weight is 413 g/mol. The summed E-state index contributed by atoms with van der Waals surface area (Å²) in [5.74, 6) is 1.75. The molecule has 0 amide bonds. The van der Waals surface area contributed by atoms with E-state index in [1.54, 1.807) is 0 Å². The Morgan fingerprint density at radius 3 is 2.43 bits per heavy atom. The standard InChI is InChI=1S/C17H19Br2NO/c1-4-20-12(3)15-9-13(18)7-8-16(15)21-17-10-14(19)6-5-11(17)2/h5-10,12,20H,4H2,1-3H3. The first-order valence-corrected chi connectivity index (χ1v) is 8.56. The van der Waals surface area contributed by atoms with Crippen molar-refractivity contribution >= 4 is 31.9 Å². The van der Waals surface area contributed by atoms with Crippen molar-refractivity contribution in [3.63, 3.8) is 0 Å². The molecular weight excluding hydrogens is 394 g/mol. The van der Waals surface area contributed by atoms with E-state index in [2.05, 4.69) is 57.1 Å². The van der Waals surface area contributed by atoms with Gasteiger partial charge in [-0.2, -0.15) is 0 Å². The number of rotatable bonds is 5. The van der Waals surface area contributed by atoms with Crippen LogP contribution in [0.1, 0.15) is 31.0 Å². The van der Waals surface area contributed by atoms with Crippen molar-refractivity contribution in [2.75, 3.05) is 6.54 Å². The number of ether oxygens (including phenoxy) is 1. The fourth-order valence-corrected chi connectivity index (χ4v) is 2.89. The molecule has 0 saturated heterocycles. The van der Waals surface area contributed by atoms with Crippen LogP contribution in [0.15, 0.2) is 45.3 Å². The molecule has 0 radical (unpaired) electrons. The van der Waals surface area contributed by atoms with Gasteiger partial charge < -0.3 is 10.1 Å². The molecule has 0 aliphatic heterocycles. The Kier molecular flexibility index (Phi) is 5.85. The van der Waals surface area contributed by atoms with E-state index in [9.17, 15) is 0 Å². The second kappa shape index (κ2) is 7.43. The molecule has 2 aromatic carbocycles. The maximum Gasteiger partial charge on any atom is 0.132 e. The molecular formula is C17H19Br2NO. The zero-order chi connectivity index (χ0) is 15.4. The molecule has 0 bridgehead atoms. The highest BCUT2D eigenvalue weighted by atomic mass is 79.9. The van der Waals surface area contributed by atoms with Crippen molar-refractivity contribution in [2.24, 2.45) is 0 Å². The highest BCUT2D eigenvalue weighted by Crippen LogP contribution is 2.34. The third-order valence-electron chi connectivity index (χ3n) is 3.32. The Hall–Kier alpha value is -0.840. The van der Waals surface area contributed by atoms with Gasteiger partial charge in [0.2, 0.25) is 0 Å². The van der Waals surface area contributed by atoms with Crippen LogP contribution >= 0.6 is 31.9 Å². The molecule has 1 unspecified atom stereocenters. The summed E-state index contributed by atoms with van der Waals surface area (Å²) in [5.41, 5.74) is 2.26. The van der Waals surface area contributed by atoms with E-state index in [4.69, 9.17) is 4.74 Å². The summed E-state index contributed by atoms with van der Waals surface area (Å²) >= 11 is 7.03. The van der Waals surface area contributed by atoms with Gasteiger partial charge in [0.1, 0.15) is 11.5 Å². The predicted molar refractivity (Wildman–Crippen MR) is 95.2 cm³/mol. The van der Waals surface area contributed by atoms with Crippen LogP contribution in [-0.2, 0) is 0 Å². The average Bonchev–Trinajstić information content (AvgIpc) is 2.45. The second-order valence-electron chi connectivity index (χ2n) is 4.97. The number of hydrogen-bond donors (Lipinski definition) is 1. The van der Waals surface area contributed by atoms with Crippen molar-refractivity contribution in [3.05, 3.63) is 56.5 Å². The van der Waals surface area contributed by atoms with E-state index in [0.29, 0.717) is 0 Å². The molecule has 2 aromatic rings. The Labute approximate surface area is 143 Å². The molecule has 2 nitrogen and oxygen atoms in total. The number of halogens is 2. The molecule has 2 rings (SSSR count).